The minimum Gasteiger partial charge on any atom is -0.466 e. The van der Waals surface area contributed by atoms with Crippen molar-refractivity contribution in [2.24, 2.45) is 0 Å². The monoisotopic (exact) mass is 271 g/mol. The number of hydrogen-bond acceptors (Lipinski definition) is 5. The molecule has 0 aliphatic heterocycles. The predicted molar refractivity (Wildman–Crippen MR) is 72.7 cm³/mol. The van der Waals surface area contributed by atoms with Crippen LogP contribution in [0.25, 0.3) is 0 Å². The van der Waals surface area contributed by atoms with Crippen LogP contribution in [-0.4, -0.2) is 30.3 Å². The molecule has 0 aliphatic rings. The normalized spacial score (nSPS) is 12.4. The second-order valence-electron chi connectivity index (χ2n) is 4.02. The van der Waals surface area contributed by atoms with E-state index < -0.39 is 6.10 Å². The highest BCUT2D eigenvalue weighted by molar-refractivity contribution is 7.11. The van der Waals surface area contributed by atoms with Crippen molar-refractivity contribution in [2.45, 2.75) is 39.3 Å². The Bertz CT molecular complexity index is 365. The fourth-order valence-electron chi connectivity index (χ4n) is 1.55. The molecule has 0 spiro atoms. The van der Waals surface area contributed by atoms with Gasteiger partial charge in [-0.3, -0.25) is 4.79 Å². The van der Waals surface area contributed by atoms with E-state index in [0.717, 1.165) is 13.0 Å². The lowest BCUT2D eigenvalue weighted by atomic mass is 10.2. The van der Waals surface area contributed by atoms with Gasteiger partial charge in [0.25, 0.3) is 0 Å². The molecule has 1 rings (SSSR count). The topological polar surface area (TPSA) is 58.6 Å². The van der Waals surface area contributed by atoms with Gasteiger partial charge in [0.15, 0.2) is 0 Å². The van der Waals surface area contributed by atoms with Gasteiger partial charge in [0.2, 0.25) is 0 Å². The molecule has 0 aliphatic carbocycles. The predicted octanol–water partition coefficient (Wildman–Crippen LogP) is 1.71. The molecule has 1 atom stereocenters. The Kier molecular flexibility index (Phi) is 6.93. The lowest BCUT2D eigenvalue weighted by Crippen LogP contribution is -2.28. The van der Waals surface area contributed by atoms with Crippen molar-refractivity contribution in [3.05, 3.63) is 21.9 Å². The minimum absolute atomic E-state index is 0.0471. The first kappa shape index (κ1) is 15.1. The van der Waals surface area contributed by atoms with Crippen LogP contribution < -0.4 is 5.32 Å². The van der Waals surface area contributed by atoms with Crippen LogP contribution in [0.3, 0.4) is 0 Å². The summed E-state index contributed by atoms with van der Waals surface area (Å²) >= 11 is 1.77. The third-order valence-electron chi connectivity index (χ3n) is 2.45. The second-order valence-corrected chi connectivity index (χ2v) is 5.27. The van der Waals surface area contributed by atoms with Crippen LogP contribution in [-0.2, 0) is 22.5 Å². The van der Waals surface area contributed by atoms with Crippen LogP contribution >= 0.6 is 11.3 Å². The van der Waals surface area contributed by atoms with E-state index in [-0.39, 0.29) is 12.4 Å². The van der Waals surface area contributed by atoms with Crippen LogP contribution in [0.5, 0.6) is 0 Å². The van der Waals surface area contributed by atoms with Crippen LogP contribution in [0.1, 0.15) is 30.0 Å². The molecule has 1 unspecified atom stereocenters. The van der Waals surface area contributed by atoms with Crippen LogP contribution in [0, 0.1) is 0 Å². The van der Waals surface area contributed by atoms with Gasteiger partial charge in [0, 0.05) is 22.8 Å². The maximum atomic E-state index is 11.1. The van der Waals surface area contributed by atoms with Crippen LogP contribution in [0.15, 0.2) is 12.1 Å². The van der Waals surface area contributed by atoms with E-state index in [0.29, 0.717) is 13.2 Å². The summed E-state index contributed by atoms with van der Waals surface area (Å²) in [5.74, 6) is -0.351. The molecule has 5 heteroatoms. The Labute approximate surface area is 112 Å². The van der Waals surface area contributed by atoms with E-state index in [1.54, 1.807) is 18.3 Å². The van der Waals surface area contributed by atoms with Gasteiger partial charge in [-0.05, 0) is 25.5 Å². The molecule has 0 amide bonds. The minimum atomic E-state index is -0.686. The summed E-state index contributed by atoms with van der Waals surface area (Å²) in [4.78, 5) is 13.7. The van der Waals surface area contributed by atoms with Gasteiger partial charge in [0.1, 0.15) is 0 Å². The average molecular weight is 271 g/mol. The number of rotatable bonds is 8. The number of aliphatic hydroxyl groups is 1. The molecule has 0 saturated heterocycles. The second kappa shape index (κ2) is 8.24. The Balaban J connectivity index is 2.18. The summed E-state index contributed by atoms with van der Waals surface area (Å²) in [6, 6.07) is 4.21. The Morgan fingerprint density at radius 1 is 1.44 bits per heavy atom. The standard InChI is InChI=1S/C13H21NO3S/c1-3-11-5-6-12(18-11)9-14-8-10(15)7-13(16)17-4-2/h5-6,10,14-15H,3-4,7-9H2,1-2H3. The summed E-state index contributed by atoms with van der Waals surface area (Å²) in [5.41, 5.74) is 0. The lowest BCUT2D eigenvalue weighted by molar-refractivity contribution is -0.145. The van der Waals surface area contributed by atoms with Gasteiger partial charge in [-0.15, -0.1) is 11.3 Å². The van der Waals surface area contributed by atoms with Crippen LogP contribution in [0.4, 0.5) is 0 Å². The third-order valence-corrected chi connectivity index (χ3v) is 3.68. The first-order valence-corrected chi connectivity index (χ1v) is 7.09. The van der Waals surface area contributed by atoms with Crippen molar-refractivity contribution in [1.29, 1.82) is 0 Å². The summed E-state index contributed by atoms with van der Waals surface area (Å²) in [6.45, 7) is 5.37. The highest BCUT2D eigenvalue weighted by Crippen LogP contribution is 2.16. The number of nitrogens with one attached hydrogen (secondary N) is 1. The molecular formula is C13H21NO3S. The van der Waals surface area contributed by atoms with Crippen molar-refractivity contribution in [2.75, 3.05) is 13.2 Å². The van der Waals surface area contributed by atoms with Crippen molar-refractivity contribution in [3.8, 4) is 0 Å². The largest absolute Gasteiger partial charge is 0.466 e. The molecule has 2 N–H and O–H groups in total. The highest BCUT2D eigenvalue weighted by atomic mass is 32.1. The maximum absolute atomic E-state index is 11.1. The molecule has 0 fully saturated rings. The number of esters is 1. The number of hydrogen-bond donors (Lipinski definition) is 2. The molecule has 4 nitrogen and oxygen atoms in total. The molecule has 1 heterocycles. The van der Waals surface area contributed by atoms with E-state index >= 15 is 0 Å². The fourth-order valence-corrected chi connectivity index (χ4v) is 2.48. The molecule has 18 heavy (non-hydrogen) atoms. The molecule has 102 valence electrons. The van der Waals surface area contributed by atoms with Crippen LogP contribution in [0.2, 0.25) is 0 Å². The molecule has 0 saturated carbocycles. The number of aryl methyl sites for hydroxylation is 1. The summed E-state index contributed by atoms with van der Waals surface area (Å²) in [6.07, 6.45) is 0.413. The highest BCUT2D eigenvalue weighted by Gasteiger charge is 2.11. The Morgan fingerprint density at radius 3 is 2.78 bits per heavy atom. The maximum Gasteiger partial charge on any atom is 0.308 e. The Hall–Kier alpha value is -0.910. The number of carbonyl (C=O) groups is 1. The first-order chi connectivity index (χ1) is 8.65. The van der Waals surface area contributed by atoms with Crippen molar-refractivity contribution < 1.29 is 14.6 Å². The zero-order valence-electron chi connectivity index (χ0n) is 10.9. The number of carbonyl (C=O) groups excluding carboxylic acids is 1. The van der Waals surface area contributed by atoms with E-state index in [4.69, 9.17) is 4.74 Å². The first-order valence-electron chi connectivity index (χ1n) is 6.27. The smallest absolute Gasteiger partial charge is 0.308 e. The van der Waals surface area contributed by atoms with Gasteiger partial charge in [-0.25, -0.2) is 0 Å². The Morgan fingerprint density at radius 2 is 2.17 bits per heavy atom. The fraction of sp³-hybridized carbons (Fsp3) is 0.615. The number of ether oxygens (including phenoxy) is 1. The quantitative estimate of drug-likeness (QED) is 0.707. The average Bonchev–Trinajstić information content (AvgIpc) is 2.77. The SMILES string of the molecule is CCOC(=O)CC(O)CNCc1ccc(CC)s1. The van der Waals surface area contributed by atoms with Gasteiger partial charge < -0.3 is 15.2 Å². The van der Waals surface area contributed by atoms with E-state index in [2.05, 4.69) is 24.4 Å². The van der Waals surface area contributed by atoms with E-state index in [1.807, 2.05) is 0 Å². The zero-order chi connectivity index (χ0) is 13.4. The molecule has 0 radical (unpaired) electrons. The lowest BCUT2D eigenvalue weighted by Gasteiger charge is -2.10. The summed E-state index contributed by atoms with van der Waals surface area (Å²) in [5, 5.41) is 12.8. The molecule has 0 bridgehead atoms. The van der Waals surface area contributed by atoms with E-state index in [1.165, 1.54) is 9.75 Å². The molecule has 1 aromatic rings. The van der Waals surface area contributed by atoms with Gasteiger partial charge in [0.05, 0.1) is 19.1 Å². The van der Waals surface area contributed by atoms with Gasteiger partial charge >= 0.3 is 5.97 Å². The molecular weight excluding hydrogens is 250 g/mol. The van der Waals surface area contributed by atoms with Gasteiger partial charge in [-0.1, -0.05) is 6.92 Å². The number of thiophene rings is 1. The van der Waals surface area contributed by atoms with Crippen molar-refractivity contribution >= 4 is 17.3 Å². The molecule has 0 aromatic carbocycles. The van der Waals surface area contributed by atoms with Crippen molar-refractivity contribution in [1.82, 2.24) is 5.32 Å². The third kappa shape index (κ3) is 5.62. The summed E-state index contributed by atoms with van der Waals surface area (Å²) in [7, 11) is 0. The van der Waals surface area contributed by atoms with Gasteiger partial charge in [-0.2, -0.15) is 0 Å². The van der Waals surface area contributed by atoms with E-state index in [9.17, 15) is 9.90 Å². The number of aliphatic hydroxyl groups excluding tert-OH is 1. The van der Waals surface area contributed by atoms with Crippen molar-refractivity contribution in [3.63, 3.8) is 0 Å². The zero-order valence-corrected chi connectivity index (χ0v) is 11.8. The molecule has 1 aromatic heterocycles. The summed E-state index contributed by atoms with van der Waals surface area (Å²) < 4.78 is 4.77.